The Labute approximate surface area is 154 Å². The molecule has 5 rings (SSSR count). The largest absolute Gasteiger partial charge is 0.497 e. The van der Waals surface area contributed by atoms with Crippen molar-refractivity contribution < 1.29 is 19.1 Å². The third-order valence-corrected chi connectivity index (χ3v) is 6.41. The number of carbonyl (C=O) groups is 2. The van der Waals surface area contributed by atoms with E-state index in [0.29, 0.717) is 11.3 Å². The van der Waals surface area contributed by atoms with Crippen LogP contribution in [0.25, 0.3) is 0 Å². The van der Waals surface area contributed by atoms with E-state index >= 15 is 0 Å². The van der Waals surface area contributed by atoms with E-state index in [-0.39, 0.29) is 11.4 Å². The van der Waals surface area contributed by atoms with Crippen molar-refractivity contribution in [3.05, 3.63) is 29.8 Å². The highest BCUT2D eigenvalue weighted by atomic mass is 16.5. The number of hydrogen-bond acceptors (Lipinski definition) is 4. The number of nitrogens with one attached hydrogen (secondary N) is 1. The van der Waals surface area contributed by atoms with Crippen LogP contribution in [0.3, 0.4) is 0 Å². The van der Waals surface area contributed by atoms with Crippen LogP contribution in [0.5, 0.6) is 5.75 Å². The van der Waals surface area contributed by atoms with Crippen molar-refractivity contribution in [2.24, 2.45) is 17.8 Å². The van der Waals surface area contributed by atoms with E-state index in [2.05, 4.69) is 5.32 Å². The minimum Gasteiger partial charge on any atom is -0.497 e. The van der Waals surface area contributed by atoms with Gasteiger partial charge in [-0.1, -0.05) is 0 Å². The standard InChI is InChI=1S/C21H27NO4/c1-13(26-20(24)17-3-5-18(25-2)6-4-17)19(23)22-21-10-14-7-15(11-21)9-16(8-14)12-21/h3-6,13-16H,7-12H2,1-2H3,(H,22,23)/t13-,14?,15?,16?,21?/m0/s1. The van der Waals surface area contributed by atoms with Gasteiger partial charge in [-0.2, -0.15) is 0 Å². The minimum atomic E-state index is -0.794. The van der Waals surface area contributed by atoms with E-state index in [9.17, 15) is 9.59 Å². The first-order valence-electron chi connectivity index (χ1n) is 9.63. The predicted octanol–water partition coefficient (Wildman–Crippen LogP) is 3.33. The summed E-state index contributed by atoms with van der Waals surface area (Å²) in [5.74, 6) is 2.31. The van der Waals surface area contributed by atoms with Gasteiger partial charge in [0.1, 0.15) is 5.75 Å². The molecule has 1 amide bonds. The van der Waals surface area contributed by atoms with Gasteiger partial charge in [0.25, 0.3) is 5.91 Å². The Balaban J connectivity index is 1.36. The normalized spacial score (nSPS) is 32.8. The molecule has 4 aliphatic carbocycles. The van der Waals surface area contributed by atoms with Crippen LogP contribution in [0.4, 0.5) is 0 Å². The van der Waals surface area contributed by atoms with E-state index < -0.39 is 12.1 Å². The Bertz CT molecular complexity index is 661. The highest BCUT2D eigenvalue weighted by Gasteiger charge is 2.51. The van der Waals surface area contributed by atoms with Gasteiger partial charge in [-0.25, -0.2) is 4.79 Å². The average molecular weight is 357 g/mol. The molecule has 0 heterocycles. The molecule has 1 N–H and O–H groups in total. The molecule has 5 nitrogen and oxygen atoms in total. The van der Waals surface area contributed by atoms with E-state index in [1.54, 1.807) is 38.3 Å². The quantitative estimate of drug-likeness (QED) is 0.821. The maximum absolute atomic E-state index is 12.7. The topological polar surface area (TPSA) is 64.6 Å². The third kappa shape index (κ3) is 3.31. The molecular formula is C21H27NO4. The minimum absolute atomic E-state index is 0.0629. The third-order valence-electron chi connectivity index (χ3n) is 6.41. The predicted molar refractivity (Wildman–Crippen MR) is 96.9 cm³/mol. The van der Waals surface area contributed by atoms with Crippen LogP contribution < -0.4 is 10.1 Å². The van der Waals surface area contributed by atoms with Gasteiger partial charge in [-0.3, -0.25) is 4.79 Å². The van der Waals surface area contributed by atoms with Crippen LogP contribution in [0.1, 0.15) is 55.8 Å². The highest BCUT2D eigenvalue weighted by molar-refractivity contribution is 5.92. The fourth-order valence-corrected chi connectivity index (χ4v) is 5.64. The van der Waals surface area contributed by atoms with E-state index in [4.69, 9.17) is 9.47 Å². The first-order valence-corrected chi connectivity index (χ1v) is 9.63. The summed E-state index contributed by atoms with van der Waals surface area (Å²) >= 11 is 0. The lowest BCUT2D eigenvalue weighted by Gasteiger charge is -2.57. The molecule has 0 spiro atoms. The lowest BCUT2D eigenvalue weighted by molar-refractivity contribution is -0.134. The summed E-state index contributed by atoms with van der Waals surface area (Å²) in [6.07, 6.45) is 6.46. The molecule has 4 saturated carbocycles. The zero-order valence-corrected chi connectivity index (χ0v) is 15.5. The van der Waals surface area contributed by atoms with Crippen molar-refractivity contribution >= 4 is 11.9 Å². The zero-order chi connectivity index (χ0) is 18.3. The summed E-state index contributed by atoms with van der Waals surface area (Å²) in [4.78, 5) is 25.0. The summed E-state index contributed by atoms with van der Waals surface area (Å²) in [6.45, 7) is 1.65. The molecule has 4 fully saturated rings. The number of rotatable bonds is 5. The Morgan fingerprint density at radius 1 is 1.04 bits per heavy atom. The molecular weight excluding hydrogens is 330 g/mol. The summed E-state index contributed by atoms with van der Waals surface area (Å²) in [5.41, 5.74) is 0.354. The van der Waals surface area contributed by atoms with Crippen molar-refractivity contribution in [2.45, 2.75) is 57.1 Å². The second-order valence-electron chi connectivity index (χ2n) is 8.46. The molecule has 26 heavy (non-hydrogen) atoms. The van der Waals surface area contributed by atoms with Gasteiger partial charge in [0.05, 0.1) is 12.7 Å². The van der Waals surface area contributed by atoms with Crippen LogP contribution in [-0.4, -0.2) is 30.6 Å². The van der Waals surface area contributed by atoms with Gasteiger partial charge in [0.15, 0.2) is 6.10 Å². The number of amides is 1. The van der Waals surface area contributed by atoms with E-state index in [1.165, 1.54) is 19.3 Å². The number of ether oxygens (including phenoxy) is 2. The molecule has 0 unspecified atom stereocenters. The van der Waals surface area contributed by atoms with Crippen molar-refractivity contribution in [1.82, 2.24) is 5.32 Å². The molecule has 4 bridgehead atoms. The second-order valence-corrected chi connectivity index (χ2v) is 8.46. The second kappa shape index (κ2) is 6.60. The van der Waals surface area contributed by atoms with Crippen LogP contribution in [-0.2, 0) is 9.53 Å². The number of hydrogen-bond donors (Lipinski definition) is 1. The fraction of sp³-hybridized carbons (Fsp3) is 0.619. The summed E-state index contributed by atoms with van der Waals surface area (Å²) < 4.78 is 10.5. The highest BCUT2D eigenvalue weighted by Crippen LogP contribution is 2.55. The molecule has 1 aromatic carbocycles. The lowest BCUT2D eigenvalue weighted by atomic mass is 9.53. The van der Waals surface area contributed by atoms with Crippen molar-refractivity contribution in [3.63, 3.8) is 0 Å². The fourth-order valence-electron chi connectivity index (χ4n) is 5.64. The Morgan fingerprint density at radius 3 is 2.08 bits per heavy atom. The van der Waals surface area contributed by atoms with Gasteiger partial charge >= 0.3 is 5.97 Å². The number of carbonyl (C=O) groups excluding carboxylic acids is 2. The SMILES string of the molecule is COc1ccc(C(=O)O[C@@H](C)C(=O)NC23CC4CC(CC(C4)C2)C3)cc1. The van der Waals surface area contributed by atoms with Crippen LogP contribution in [0.15, 0.2) is 24.3 Å². The zero-order valence-electron chi connectivity index (χ0n) is 15.5. The number of methoxy groups -OCH3 is 1. The van der Waals surface area contributed by atoms with Gasteiger partial charge in [0, 0.05) is 5.54 Å². The van der Waals surface area contributed by atoms with Gasteiger partial charge < -0.3 is 14.8 Å². The molecule has 0 aliphatic heterocycles. The van der Waals surface area contributed by atoms with Gasteiger partial charge in [0.2, 0.25) is 0 Å². The Morgan fingerprint density at radius 2 is 1.58 bits per heavy atom. The monoisotopic (exact) mass is 357 g/mol. The molecule has 5 heteroatoms. The Kier molecular flexibility index (Phi) is 4.41. The molecule has 1 aromatic rings. The van der Waals surface area contributed by atoms with Gasteiger partial charge in [-0.05, 0) is 87.5 Å². The van der Waals surface area contributed by atoms with Crippen molar-refractivity contribution in [3.8, 4) is 5.75 Å². The molecule has 0 saturated heterocycles. The molecule has 0 aromatic heterocycles. The number of benzene rings is 1. The summed E-state index contributed by atoms with van der Waals surface area (Å²) in [7, 11) is 1.57. The van der Waals surface area contributed by atoms with E-state index in [1.807, 2.05) is 0 Å². The molecule has 140 valence electrons. The van der Waals surface area contributed by atoms with Crippen molar-refractivity contribution in [1.29, 1.82) is 0 Å². The van der Waals surface area contributed by atoms with E-state index in [0.717, 1.165) is 37.0 Å². The maximum Gasteiger partial charge on any atom is 0.338 e. The first-order chi connectivity index (χ1) is 12.5. The maximum atomic E-state index is 12.7. The Hall–Kier alpha value is -2.04. The molecule has 4 aliphatic rings. The van der Waals surface area contributed by atoms with Crippen molar-refractivity contribution in [2.75, 3.05) is 7.11 Å². The van der Waals surface area contributed by atoms with Crippen LogP contribution in [0.2, 0.25) is 0 Å². The average Bonchev–Trinajstić information content (AvgIpc) is 2.60. The molecule has 1 atom stereocenters. The summed E-state index contributed by atoms with van der Waals surface area (Å²) in [5, 5.41) is 3.26. The number of esters is 1. The smallest absolute Gasteiger partial charge is 0.338 e. The summed E-state index contributed by atoms with van der Waals surface area (Å²) in [6, 6.07) is 6.70. The lowest BCUT2D eigenvalue weighted by Crippen LogP contribution is -2.61. The molecule has 0 radical (unpaired) electrons. The van der Waals surface area contributed by atoms with Crippen LogP contribution in [0, 0.1) is 17.8 Å². The van der Waals surface area contributed by atoms with Gasteiger partial charge in [-0.15, -0.1) is 0 Å². The van der Waals surface area contributed by atoms with Crippen LogP contribution >= 0.6 is 0 Å². The first kappa shape index (κ1) is 17.4.